The summed E-state index contributed by atoms with van der Waals surface area (Å²) in [4.78, 5) is 0. The van der Waals surface area contributed by atoms with Gasteiger partial charge < -0.3 is 5.32 Å². The fourth-order valence-electron chi connectivity index (χ4n) is 2.32. The Labute approximate surface area is 103 Å². The average Bonchev–Trinajstić information content (AvgIpc) is 2.30. The second kappa shape index (κ2) is 11.4. The highest BCUT2D eigenvalue weighted by Gasteiger charge is 2.10. The lowest BCUT2D eigenvalue weighted by Gasteiger charge is -2.19. The van der Waals surface area contributed by atoms with E-state index in [2.05, 4.69) is 33.0 Å². The fraction of sp³-hybridized carbons (Fsp3) is 1.00. The van der Waals surface area contributed by atoms with Crippen molar-refractivity contribution in [1.29, 1.82) is 0 Å². The summed E-state index contributed by atoms with van der Waals surface area (Å²) in [5, 5.41) is 3.50. The molecule has 16 heavy (non-hydrogen) atoms. The molecule has 0 spiro atoms. The molecule has 0 aromatic heterocycles. The van der Waals surface area contributed by atoms with Gasteiger partial charge in [-0.25, -0.2) is 0 Å². The Morgan fingerprint density at radius 3 is 2.25 bits per heavy atom. The van der Waals surface area contributed by atoms with Crippen LogP contribution in [-0.2, 0) is 0 Å². The van der Waals surface area contributed by atoms with Gasteiger partial charge in [-0.2, -0.15) is 0 Å². The number of hydrogen-bond donors (Lipinski definition) is 1. The Morgan fingerprint density at radius 2 is 1.69 bits per heavy atom. The standard InChI is InChI=1S/C15H33N/c1-5-8-9-15(7-3)13-14(4)10-12-16-11-6-2/h14-16H,5-13H2,1-4H3. The van der Waals surface area contributed by atoms with Gasteiger partial charge in [0.1, 0.15) is 0 Å². The van der Waals surface area contributed by atoms with Crippen LogP contribution in [0, 0.1) is 11.8 Å². The van der Waals surface area contributed by atoms with Crippen LogP contribution < -0.4 is 5.32 Å². The van der Waals surface area contributed by atoms with Crippen LogP contribution in [0.4, 0.5) is 0 Å². The van der Waals surface area contributed by atoms with Crippen molar-refractivity contribution in [3.05, 3.63) is 0 Å². The van der Waals surface area contributed by atoms with Crippen molar-refractivity contribution in [1.82, 2.24) is 5.32 Å². The number of unbranched alkanes of at least 4 members (excludes halogenated alkanes) is 1. The first-order valence-corrected chi connectivity index (χ1v) is 7.45. The first kappa shape index (κ1) is 16.0. The number of rotatable bonds is 11. The SMILES string of the molecule is CCCCC(CC)CC(C)CCNCCC. The minimum Gasteiger partial charge on any atom is -0.317 e. The van der Waals surface area contributed by atoms with Crippen LogP contribution in [0.15, 0.2) is 0 Å². The van der Waals surface area contributed by atoms with E-state index in [1.54, 1.807) is 0 Å². The zero-order valence-electron chi connectivity index (χ0n) is 12.0. The lowest BCUT2D eigenvalue weighted by molar-refractivity contribution is 0.337. The molecular weight excluding hydrogens is 194 g/mol. The highest BCUT2D eigenvalue weighted by Crippen LogP contribution is 2.22. The highest BCUT2D eigenvalue weighted by atomic mass is 14.8. The molecule has 0 aromatic carbocycles. The van der Waals surface area contributed by atoms with Gasteiger partial charge >= 0.3 is 0 Å². The molecule has 1 nitrogen and oxygen atoms in total. The summed E-state index contributed by atoms with van der Waals surface area (Å²) in [6.45, 7) is 11.7. The van der Waals surface area contributed by atoms with E-state index >= 15 is 0 Å². The van der Waals surface area contributed by atoms with Crippen LogP contribution in [0.1, 0.15) is 72.6 Å². The molecule has 0 aliphatic rings. The van der Waals surface area contributed by atoms with E-state index in [1.807, 2.05) is 0 Å². The molecule has 0 radical (unpaired) electrons. The predicted molar refractivity (Wildman–Crippen MR) is 74.9 cm³/mol. The lowest BCUT2D eigenvalue weighted by atomic mass is 9.88. The quantitative estimate of drug-likeness (QED) is 0.508. The summed E-state index contributed by atoms with van der Waals surface area (Å²) < 4.78 is 0. The van der Waals surface area contributed by atoms with Crippen LogP contribution >= 0.6 is 0 Å². The molecule has 1 N–H and O–H groups in total. The van der Waals surface area contributed by atoms with E-state index in [1.165, 1.54) is 58.0 Å². The Balaban J connectivity index is 3.53. The predicted octanol–water partition coefficient (Wildman–Crippen LogP) is 4.62. The third kappa shape index (κ3) is 9.21. The van der Waals surface area contributed by atoms with Crippen LogP contribution in [0.2, 0.25) is 0 Å². The van der Waals surface area contributed by atoms with Crippen molar-refractivity contribution in [3.8, 4) is 0 Å². The van der Waals surface area contributed by atoms with Gasteiger partial charge in [0.25, 0.3) is 0 Å². The molecule has 1 heteroatoms. The molecular formula is C15H33N. The van der Waals surface area contributed by atoms with Crippen LogP contribution in [-0.4, -0.2) is 13.1 Å². The maximum absolute atomic E-state index is 3.50. The summed E-state index contributed by atoms with van der Waals surface area (Å²) in [7, 11) is 0. The summed E-state index contributed by atoms with van der Waals surface area (Å²) in [6, 6.07) is 0. The summed E-state index contributed by atoms with van der Waals surface area (Å²) in [5.74, 6) is 1.87. The van der Waals surface area contributed by atoms with Gasteiger partial charge in [-0.3, -0.25) is 0 Å². The third-order valence-electron chi connectivity index (χ3n) is 3.52. The number of hydrogen-bond acceptors (Lipinski definition) is 1. The van der Waals surface area contributed by atoms with E-state index in [-0.39, 0.29) is 0 Å². The molecule has 0 amide bonds. The highest BCUT2D eigenvalue weighted by molar-refractivity contribution is 4.64. The topological polar surface area (TPSA) is 12.0 Å². The monoisotopic (exact) mass is 227 g/mol. The molecule has 0 saturated heterocycles. The van der Waals surface area contributed by atoms with Crippen molar-refractivity contribution in [3.63, 3.8) is 0 Å². The Kier molecular flexibility index (Phi) is 11.4. The van der Waals surface area contributed by atoms with Crippen molar-refractivity contribution in [2.45, 2.75) is 72.6 Å². The van der Waals surface area contributed by atoms with E-state index in [4.69, 9.17) is 0 Å². The van der Waals surface area contributed by atoms with E-state index in [0.717, 1.165) is 11.8 Å². The van der Waals surface area contributed by atoms with Gasteiger partial charge in [-0.1, -0.05) is 53.4 Å². The van der Waals surface area contributed by atoms with Crippen LogP contribution in [0.25, 0.3) is 0 Å². The molecule has 2 unspecified atom stereocenters. The zero-order chi connectivity index (χ0) is 12.2. The number of nitrogens with one attached hydrogen (secondary N) is 1. The molecule has 0 bridgehead atoms. The molecule has 0 aliphatic heterocycles. The van der Waals surface area contributed by atoms with Gasteiger partial charge in [-0.15, -0.1) is 0 Å². The minimum absolute atomic E-state index is 0.895. The Morgan fingerprint density at radius 1 is 0.938 bits per heavy atom. The van der Waals surface area contributed by atoms with Gasteiger partial charge in [0, 0.05) is 0 Å². The zero-order valence-corrected chi connectivity index (χ0v) is 12.0. The molecule has 0 rings (SSSR count). The first-order valence-electron chi connectivity index (χ1n) is 7.45. The second-order valence-corrected chi connectivity index (χ2v) is 5.30. The van der Waals surface area contributed by atoms with Crippen molar-refractivity contribution >= 4 is 0 Å². The normalized spacial score (nSPS) is 15.0. The van der Waals surface area contributed by atoms with Gasteiger partial charge in [0.2, 0.25) is 0 Å². The van der Waals surface area contributed by atoms with Crippen molar-refractivity contribution in [2.24, 2.45) is 11.8 Å². The van der Waals surface area contributed by atoms with Gasteiger partial charge in [0.15, 0.2) is 0 Å². The van der Waals surface area contributed by atoms with Crippen LogP contribution in [0.5, 0.6) is 0 Å². The van der Waals surface area contributed by atoms with Crippen molar-refractivity contribution < 1.29 is 0 Å². The lowest BCUT2D eigenvalue weighted by Crippen LogP contribution is -2.19. The van der Waals surface area contributed by atoms with Crippen molar-refractivity contribution in [2.75, 3.05) is 13.1 Å². The van der Waals surface area contributed by atoms with E-state index in [9.17, 15) is 0 Å². The molecule has 98 valence electrons. The maximum atomic E-state index is 3.50. The summed E-state index contributed by atoms with van der Waals surface area (Å²) >= 11 is 0. The molecule has 0 heterocycles. The third-order valence-corrected chi connectivity index (χ3v) is 3.52. The molecule has 2 atom stereocenters. The minimum atomic E-state index is 0.895. The largest absolute Gasteiger partial charge is 0.317 e. The smallest absolute Gasteiger partial charge is 0.00464 e. The molecule has 0 fully saturated rings. The average molecular weight is 227 g/mol. The second-order valence-electron chi connectivity index (χ2n) is 5.30. The summed E-state index contributed by atoms with van der Waals surface area (Å²) in [6.07, 6.45) is 9.62. The molecule has 0 aliphatic carbocycles. The first-order chi connectivity index (χ1) is 7.74. The van der Waals surface area contributed by atoms with Gasteiger partial charge in [0.05, 0.1) is 0 Å². The van der Waals surface area contributed by atoms with Gasteiger partial charge in [-0.05, 0) is 44.2 Å². The molecule has 0 saturated carbocycles. The summed E-state index contributed by atoms with van der Waals surface area (Å²) in [5.41, 5.74) is 0. The van der Waals surface area contributed by atoms with Crippen LogP contribution in [0.3, 0.4) is 0 Å². The maximum Gasteiger partial charge on any atom is -0.00464 e. The fourth-order valence-corrected chi connectivity index (χ4v) is 2.32. The Bertz CT molecular complexity index is 133. The van der Waals surface area contributed by atoms with E-state index < -0.39 is 0 Å². The van der Waals surface area contributed by atoms with E-state index in [0.29, 0.717) is 0 Å². The molecule has 0 aromatic rings. The Hall–Kier alpha value is -0.0400.